The smallest absolute Gasteiger partial charge is 0.220 e. The highest BCUT2D eigenvalue weighted by Gasteiger charge is 2.27. The standard InChI is InChI=1S/C16H23NO/c1-11-9-15(18)17-10-14(11)12-5-7-13(8-6-12)16(2,3)4/h5-8,11,14H,9-10H2,1-4H3,(H,17,18). The van der Waals surface area contributed by atoms with Crippen LogP contribution >= 0.6 is 0 Å². The number of nitrogens with one attached hydrogen (secondary N) is 1. The molecule has 0 spiro atoms. The van der Waals surface area contributed by atoms with Crippen LogP contribution in [0.5, 0.6) is 0 Å². The Kier molecular flexibility index (Phi) is 3.47. The Labute approximate surface area is 110 Å². The van der Waals surface area contributed by atoms with E-state index >= 15 is 0 Å². The van der Waals surface area contributed by atoms with E-state index in [0.29, 0.717) is 18.3 Å². The maximum Gasteiger partial charge on any atom is 0.220 e. The van der Waals surface area contributed by atoms with Gasteiger partial charge in [-0.2, -0.15) is 0 Å². The van der Waals surface area contributed by atoms with Crippen LogP contribution in [0.4, 0.5) is 0 Å². The van der Waals surface area contributed by atoms with Crippen molar-refractivity contribution in [2.75, 3.05) is 6.54 Å². The normalized spacial score (nSPS) is 24.8. The van der Waals surface area contributed by atoms with Gasteiger partial charge in [0.25, 0.3) is 0 Å². The van der Waals surface area contributed by atoms with Gasteiger partial charge in [-0.1, -0.05) is 52.0 Å². The van der Waals surface area contributed by atoms with Crippen LogP contribution in [0.25, 0.3) is 0 Å². The number of benzene rings is 1. The Hall–Kier alpha value is -1.31. The van der Waals surface area contributed by atoms with Crippen LogP contribution in [-0.2, 0) is 10.2 Å². The molecule has 0 aromatic heterocycles. The molecule has 1 amide bonds. The zero-order valence-electron chi connectivity index (χ0n) is 11.8. The lowest BCUT2D eigenvalue weighted by Gasteiger charge is -2.30. The summed E-state index contributed by atoms with van der Waals surface area (Å²) in [7, 11) is 0. The largest absolute Gasteiger partial charge is 0.355 e. The predicted molar refractivity (Wildman–Crippen MR) is 74.7 cm³/mol. The SMILES string of the molecule is CC1CC(=O)NCC1c1ccc(C(C)(C)C)cc1. The summed E-state index contributed by atoms with van der Waals surface area (Å²) in [5, 5.41) is 2.97. The first-order valence-electron chi connectivity index (χ1n) is 6.75. The summed E-state index contributed by atoms with van der Waals surface area (Å²) >= 11 is 0. The summed E-state index contributed by atoms with van der Waals surface area (Å²) in [6, 6.07) is 8.88. The molecule has 2 unspecified atom stereocenters. The van der Waals surface area contributed by atoms with E-state index in [1.165, 1.54) is 11.1 Å². The van der Waals surface area contributed by atoms with Gasteiger partial charge in [0, 0.05) is 18.9 Å². The molecule has 0 saturated carbocycles. The monoisotopic (exact) mass is 245 g/mol. The van der Waals surface area contributed by atoms with Crippen molar-refractivity contribution in [1.82, 2.24) is 5.32 Å². The Morgan fingerprint density at radius 1 is 1.17 bits per heavy atom. The van der Waals surface area contributed by atoms with E-state index in [4.69, 9.17) is 0 Å². The number of rotatable bonds is 1. The van der Waals surface area contributed by atoms with Crippen molar-refractivity contribution < 1.29 is 4.79 Å². The van der Waals surface area contributed by atoms with Gasteiger partial charge in [0.1, 0.15) is 0 Å². The van der Waals surface area contributed by atoms with E-state index in [1.807, 2.05) is 0 Å². The van der Waals surface area contributed by atoms with Crippen LogP contribution in [-0.4, -0.2) is 12.5 Å². The van der Waals surface area contributed by atoms with Crippen molar-refractivity contribution >= 4 is 5.91 Å². The van der Waals surface area contributed by atoms with Gasteiger partial charge in [0.15, 0.2) is 0 Å². The number of hydrogen-bond donors (Lipinski definition) is 1. The molecule has 2 rings (SSSR count). The minimum absolute atomic E-state index is 0.185. The average molecular weight is 245 g/mol. The second-order valence-electron chi connectivity index (χ2n) is 6.46. The van der Waals surface area contributed by atoms with Crippen molar-refractivity contribution in [2.45, 2.75) is 45.4 Å². The second-order valence-corrected chi connectivity index (χ2v) is 6.46. The molecular weight excluding hydrogens is 222 g/mol. The highest BCUT2D eigenvalue weighted by atomic mass is 16.1. The van der Waals surface area contributed by atoms with Crippen LogP contribution < -0.4 is 5.32 Å². The first kappa shape index (κ1) is 13.1. The lowest BCUT2D eigenvalue weighted by Crippen LogP contribution is -2.38. The fourth-order valence-corrected chi connectivity index (χ4v) is 2.61. The first-order valence-corrected chi connectivity index (χ1v) is 6.75. The summed E-state index contributed by atoms with van der Waals surface area (Å²) in [4.78, 5) is 11.3. The molecule has 2 heteroatoms. The fourth-order valence-electron chi connectivity index (χ4n) is 2.61. The van der Waals surface area contributed by atoms with Crippen molar-refractivity contribution in [1.29, 1.82) is 0 Å². The number of carbonyl (C=O) groups excluding carboxylic acids is 1. The predicted octanol–water partition coefficient (Wildman–Crippen LogP) is 3.22. The first-order chi connectivity index (χ1) is 8.38. The molecule has 18 heavy (non-hydrogen) atoms. The number of piperidine rings is 1. The Bertz CT molecular complexity index is 427. The summed E-state index contributed by atoms with van der Waals surface area (Å²) in [6.45, 7) is 9.62. The Balaban J connectivity index is 2.17. The minimum atomic E-state index is 0.185. The van der Waals surface area contributed by atoms with Crippen LogP contribution in [0.3, 0.4) is 0 Å². The molecule has 1 aliphatic rings. The van der Waals surface area contributed by atoms with Crippen LogP contribution in [0.1, 0.15) is 51.2 Å². The number of hydrogen-bond acceptors (Lipinski definition) is 1. The van der Waals surface area contributed by atoms with Gasteiger partial charge >= 0.3 is 0 Å². The van der Waals surface area contributed by atoms with E-state index in [2.05, 4.69) is 57.3 Å². The van der Waals surface area contributed by atoms with Crippen molar-refractivity contribution in [2.24, 2.45) is 5.92 Å². The van der Waals surface area contributed by atoms with Crippen molar-refractivity contribution in [3.05, 3.63) is 35.4 Å². The van der Waals surface area contributed by atoms with Gasteiger partial charge in [-0.3, -0.25) is 4.79 Å². The molecule has 1 aromatic rings. The summed E-state index contributed by atoms with van der Waals surface area (Å²) in [6.07, 6.45) is 0.645. The number of carbonyl (C=O) groups is 1. The highest BCUT2D eigenvalue weighted by Crippen LogP contribution is 2.31. The van der Waals surface area contributed by atoms with E-state index < -0.39 is 0 Å². The van der Waals surface area contributed by atoms with Crippen LogP contribution in [0.15, 0.2) is 24.3 Å². The molecule has 0 aliphatic carbocycles. The van der Waals surface area contributed by atoms with Gasteiger partial charge in [0.05, 0.1) is 0 Å². The maximum absolute atomic E-state index is 11.3. The lowest BCUT2D eigenvalue weighted by atomic mass is 9.80. The third-order valence-electron chi connectivity index (χ3n) is 3.92. The third kappa shape index (κ3) is 2.74. The van der Waals surface area contributed by atoms with E-state index in [0.717, 1.165) is 6.54 Å². The van der Waals surface area contributed by atoms with Crippen molar-refractivity contribution in [3.8, 4) is 0 Å². The molecule has 1 saturated heterocycles. The zero-order chi connectivity index (χ0) is 13.3. The van der Waals surface area contributed by atoms with E-state index in [9.17, 15) is 4.79 Å². The van der Waals surface area contributed by atoms with Gasteiger partial charge in [-0.25, -0.2) is 0 Å². The van der Waals surface area contributed by atoms with Crippen LogP contribution in [0, 0.1) is 5.92 Å². The van der Waals surface area contributed by atoms with Crippen molar-refractivity contribution in [3.63, 3.8) is 0 Å². The van der Waals surface area contributed by atoms with E-state index in [-0.39, 0.29) is 11.3 Å². The number of amides is 1. The van der Waals surface area contributed by atoms with Crippen LogP contribution in [0.2, 0.25) is 0 Å². The second kappa shape index (κ2) is 4.75. The molecule has 0 bridgehead atoms. The molecule has 2 atom stereocenters. The summed E-state index contributed by atoms with van der Waals surface area (Å²) in [5.74, 6) is 1.07. The minimum Gasteiger partial charge on any atom is -0.355 e. The molecule has 1 fully saturated rings. The zero-order valence-corrected chi connectivity index (χ0v) is 11.8. The highest BCUT2D eigenvalue weighted by molar-refractivity contribution is 5.77. The average Bonchev–Trinajstić information content (AvgIpc) is 2.28. The molecule has 2 nitrogen and oxygen atoms in total. The maximum atomic E-state index is 11.3. The molecule has 98 valence electrons. The lowest BCUT2D eigenvalue weighted by molar-refractivity contribution is -0.123. The van der Waals surface area contributed by atoms with E-state index in [1.54, 1.807) is 0 Å². The topological polar surface area (TPSA) is 29.1 Å². The molecule has 1 N–H and O–H groups in total. The van der Waals surface area contributed by atoms with Gasteiger partial charge < -0.3 is 5.32 Å². The van der Waals surface area contributed by atoms with Gasteiger partial charge in [0.2, 0.25) is 5.91 Å². The Morgan fingerprint density at radius 2 is 1.78 bits per heavy atom. The third-order valence-corrected chi connectivity index (χ3v) is 3.92. The molecule has 1 aromatic carbocycles. The van der Waals surface area contributed by atoms with Gasteiger partial charge in [-0.15, -0.1) is 0 Å². The quantitative estimate of drug-likeness (QED) is 0.808. The summed E-state index contributed by atoms with van der Waals surface area (Å²) < 4.78 is 0. The molecule has 0 radical (unpaired) electrons. The molecule has 1 heterocycles. The molecular formula is C16H23NO. The fraction of sp³-hybridized carbons (Fsp3) is 0.562. The summed E-state index contributed by atoms with van der Waals surface area (Å²) in [5.41, 5.74) is 2.90. The van der Waals surface area contributed by atoms with Gasteiger partial charge in [-0.05, 0) is 22.5 Å². The molecule has 1 aliphatic heterocycles. The Morgan fingerprint density at radius 3 is 2.28 bits per heavy atom.